The van der Waals surface area contributed by atoms with Crippen LogP contribution >= 0.6 is 15.9 Å². The molecule has 1 N–H and O–H groups in total. The maximum atomic E-state index is 12.7. The normalized spacial score (nSPS) is 10.6. The first-order valence-electron chi connectivity index (χ1n) is 5.50. The molecule has 1 amide bonds. The highest BCUT2D eigenvalue weighted by molar-refractivity contribution is 9.10. The van der Waals surface area contributed by atoms with Crippen molar-refractivity contribution in [2.24, 2.45) is 5.10 Å². The third-order valence-corrected chi connectivity index (χ3v) is 3.06. The molecular formula is C14H10BrFN2O. The second-order valence-electron chi connectivity index (χ2n) is 3.73. The first kappa shape index (κ1) is 13.4. The molecule has 3 nitrogen and oxygen atoms in total. The van der Waals surface area contributed by atoms with Crippen LogP contribution in [0.5, 0.6) is 0 Å². The van der Waals surface area contributed by atoms with E-state index in [1.807, 2.05) is 6.07 Å². The van der Waals surface area contributed by atoms with E-state index >= 15 is 0 Å². The molecule has 0 unspecified atom stereocenters. The third-order valence-electron chi connectivity index (χ3n) is 2.37. The van der Waals surface area contributed by atoms with Gasteiger partial charge in [-0.1, -0.05) is 24.3 Å². The molecule has 0 aliphatic carbocycles. The lowest BCUT2D eigenvalue weighted by molar-refractivity contribution is 0.0954. The van der Waals surface area contributed by atoms with Crippen molar-refractivity contribution in [2.45, 2.75) is 0 Å². The first-order chi connectivity index (χ1) is 9.16. The fourth-order valence-electron chi connectivity index (χ4n) is 1.42. The van der Waals surface area contributed by atoms with E-state index in [9.17, 15) is 9.18 Å². The number of hydrogen-bond donors (Lipinski definition) is 1. The van der Waals surface area contributed by atoms with Crippen LogP contribution in [0.2, 0.25) is 0 Å². The summed E-state index contributed by atoms with van der Waals surface area (Å²) in [6.45, 7) is 0. The number of halogens is 2. The topological polar surface area (TPSA) is 41.5 Å². The summed E-state index contributed by atoms with van der Waals surface area (Å²) in [7, 11) is 0. The Morgan fingerprint density at radius 2 is 1.84 bits per heavy atom. The maximum Gasteiger partial charge on any atom is 0.272 e. The van der Waals surface area contributed by atoms with Gasteiger partial charge in [0.05, 0.1) is 11.8 Å². The SMILES string of the molecule is O=C(NN=Cc1ccc(F)cc1)c1ccccc1Br. The van der Waals surface area contributed by atoms with E-state index in [0.717, 1.165) is 0 Å². The lowest BCUT2D eigenvalue weighted by atomic mass is 10.2. The molecule has 19 heavy (non-hydrogen) atoms. The third kappa shape index (κ3) is 3.72. The highest BCUT2D eigenvalue weighted by Crippen LogP contribution is 2.15. The molecule has 2 aromatic carbocycles. The monoisotopic (exact) mass is 320 g/mol. The quantitative estimate of drug-likeness (QED) is 0.684. The minimum Gasteiger partial charge on any atom is -0.267 e. The number of carbonyl (C=O) groups excluding carboxylic acids is 1. The average molecular weight is 321 g/mol. The molecule has 0 spiro atoms. The Morgan fingerprint density at radius 3 is 2.53 bits per heavy atom. The lowest BCUT2D eigenvalue weighted by Gasteiger charge is -2.01. The number of hydrogen-bond acceptors (Lipinski definition) is 2. The van der Waals surface area contributed by atoms with E-state index in [1.165, 1.54) is 18.3 Å². The van der Waals surface area contributed by atoms with Gasteiger partial charge >= 0.3 is 0 Å². The molecule has 0 atom stereocenters. The van der Waals surface area contributed by atoms with Gasteiger partial charge in [0.15, 0.2) is 0 Å². The fraction of sp³-hybridized carbons (Fsp3) is 0. The molecular weight excluding hydrogens is 311 g/mol. The van der Waals surface area contributed by atoms with Crippen molar-refractivity contribution >= 4 is 28.1 Å². The van der Waals surface area contributed by atoms with Gasteiger partial charge < -0.3 is 0 Å². The highest BCUT2D eigenvalue weighted by atomic mass is 79.9. The number of hydrazone groups is 1. The Balaban J connectivity index is 2.01. The second kappa shape index (κ2) is 6.24. The van der Waals surface area contributed by atoms with Gasteiger partial charge in [0.2, 0.25) is 0 Å². The number of benzene rings is 2. The zero-order valence-corrected chi connectivity index (χ0v) is 11.4. The van der Waals surface area contributed by atoms with E-state index in [4.69, 9.17) is 0 Å². The molecule has 0 aliphatic heterocycles. The Morgan fingerprint density at radius 1 is 1.16 bits per heavy atom. The Kier molecular flexibility index (Phi) is 4.41. The van der Waals surface area contributed by atoms with Gasteiger partial charge in [-0.3, -0.25) is 4.79 Å². The zero-order chi connectivity index (χ0) is 13.7. The number of amides is 1. The summed E-state index contributed by atoms with van der Waals surface area (Å²) in [4.78, 5) is 11.8. The molecule has 0 heterocycles. The highest BCUT2D eigenvalue weighted by Gasteiger charge is 2.07. The van der Waals surface area contributed by atoms with Gasteiger partial charge in [-0.2, -0.15) is 5.10 Å². The van der Waals surface area contributed by atoms with E-state index in [2.05, 4.69) is 26.5 Å². The largest absolute Gasteiger partial charge is 0.272 e. The molecule has 0 aromatic heterocycles. The molecule has 0 radical (unpaired) electrons. The van der Waals surface area contributed by atoms with E-state index < -0.39 is 0 Å². The van der Waals surface area contributed by atoms with Gasteiger partial charge in [0.25, 0.3) is 5.91 Å². The standard InChI is InChI=1S/C14H10BrFN2O/c15-13-4-2-1-3-12(13)14(19)18-17-9-10-5-7-11(16)8-6-10/h1-9H,(H,18,19). The summed E-state index contributed by atoms with van der Waals surface area (Å²) in [5, 5.41) is 3.82. The minimum absolute atomic E-state index is 0.311. The van der Waals surface area contributed by atoms with Crippen LogP contribution in [0.4, 0.5) is 4.39 Å². The molecule has 0 fully saturated rings. The lowest BCUT2D eigenvalue weighted by Crippen LogP contribution is -2.18. The molecule has 0 saturated carbocycles. The van der Waals surface area contributed by atoms with Crippen molar-refractivity contribution < 1.29 is 9.18 Å². The van der Waals surface area contributed by atoms with Gasteiger partial charge in [0, 0.05) is 4.47 Å². The molecule has 5 heteroatoms. The zero-order valence-electron chi connectivity index (χ0n) is 9.81. The summed E-state index contributed by atoms with van der Waals surface area (Å²) >= 11 is 3.29. The first-order valence-corrected chi connectivity index (χ1v) is 6.29. The van der Waals surface area contributed by atoms with Crippen molar-refractivity contribution in [1.82, 2.24) is 5.43 Å². The summed E-state index contributed by atoms with van der Waals surface area (Å²) < 4.78 is 13.4. The van der Waals surface area contributed by atoms with Crippen molar-refractivity contribution in [3.63, 3.8) is 0 Å². The van der Waals surface area contributed by atoms with Crippen molar-refractivity contribution in [3.05, 3.63) is 69.9 Å². The van der Waals surface area contributed by atoms with E-state index in [1.54, 1.807) is 30.3 Å². The van der Waals surface area contributed by atoms with Gasteiger partial charge in [-0.05, 0) is 45.8 Å². The summed E-state index contributed by atoms with van der Waals surface area (Å²) in [6, 6.07) is 12.9. The van der Waals surface area contributed by atoms with E-state index in [0.29, 0.717) is 15.6 Å². The van der Waals surface area contributed by atoms with Crippen molar-refractivity contribution in [1.29, 1.82) is 0 Å². The van der Waals surface area contributed by atoms with Crippen molar-refractivity contribution in [2.75, 3.05) is 0 Å². The van der Waals surface area contributed by atoms with Crippen LogP contribution in [-0.2, 0) is 0 Å². The molecule has 0 aliphatic rings. The van der Waals surface area contributed by atoms with Gasteiger partial charge in [0.1, 0.15) is 5.82 Å². The second-order valence-corrected chi connectivity index (χ2v) is 4.58. The van der Waals surface area contributed by atoms with E-state index in [-0.39, 0.29) is 11.7 Å². The van der Waals surface area contributed by atoms with Crippen LogP contribution in [0, 0.1) is 5.82 Å². The summed E-state index contributed by atoms with van der Waals surface area (Å²) in [6.07, 6.45) is 1.45. The molecule has 0 bridgehead atoms. The Labute approximate surface area is 118 Å². The molecule has 0 saturated heterocycles. The molecule has 2 aromatic rings. The van der Waals surface area contributed by atoms with Crippen LogP contribution in [-0.4, -0.2) is 12.1 Å². The Hall–Kier alpha value is -2.01. The number of rotatable bonds is 3. The Bertz CT molecular complexity index is 611. The number of carbonyl (C=O) groups is 1. The summed E-state index contributed by atoms with van der Waals surface area (Å²) in [5.74, 6) is -0.625. The molecule has 96 valence electrons. The molecule has 2 rings (SSSR count). The van der Waals surface area contributed by atoms with Gasteiger partial charge in [-0.25, -0.2) is 9.82 Å². The average Bonchev–Trinajstić information content (AvgIpc) is 2.41. The predicted molar refractivity (Wildman–Crippen MR) is 75.6 cm³/mol. The predicted octanol–water partition coefficient (Wildman–Crippen LogP) is 3.35. The van der Waals surface area contributed by atoms with Gasteiger partial charge in [-0.15, -0.1) is 0 Å². The van der Waals surface area contributed by atoms with Crippen LogP contribution in [0.15, 0.2) is 58.1 Å². The van der Waals surface area contributed by atoms with Crippen molar-refractivity contribution in [3.8, 4) is 0 Å². The van der Waals surface area contributed by atoms with Crippen LogP contribution in [0.25, 0.3) is 0 Å². The van der Waals surface area contributed by atoms with Crippen LogP contribution in [0.3, 0.4) is 0 Å². The maximum absolute atomic E-state index is 12.7. The minimum atomic E-state index is -0.314. The van der Waals surface area contributed by atoms with Crippen LogP contribution in [0.1, 0.15) is 15.9 Å². The summed E-state index contributed by atoms with van der Waals surface area (Å²) in [5.41, 5.74) is 3.61. The fourth-order valence-corrected chi connectivity index (χ4v) is 1.88. The smallest absolute Gasteiger partial charge is 0.267 e. The van der Waals surface area contributed by atoms with Crippen LogP contribution < -0.4 is 5.43 Å². The number of nitrogens with one attached hydrogen (secondary N) is 1. The number of nitrogens with zero attached hydrogens (tertiary/aromatic N) is 1.